The normalized spacial score (nSPS) is 9.85. The zero-order valence-electron chi connectivity index (χ0n) is 10.9. The molecule has 0 spiro atoms. The molecular formula is C16H12FNO2. The van der Waals surface area contributed by atoms with Gasteiger partial charge in [0.15, 0.2) is 5.78 Å². The summed E-state index contributed by atoms with van der Waals surface area (Å²) >= 11 is 0. The number of rotatable bonds is 4. The van der Waals surface area contributed by atoms with Crippen molar-refractivity contribution >= 4 is 5.78 Å². The Balaban J connectivity index is 2.15. The Bertz CT molecular complexity index is 689. The number of carbonyl (C=O) groups excluding carboxylic acids is 1. The van der Waals surface area contributed by atoms with Crippen LogP contribution < -0.4 is 4.74 Å². The molecule has 0 fully saturated rings. The predicted molar refractivity (Wildman–Crippen MR) is 71.9 cm³/mol. The van der Waals surface area contributed by atoms with Gasteiger partial charge < -0.3 is 4.74 Å². The quantitative estimate of drug-likeness (QED) is 0.798. The van der Waals surface area contributed by atoms with Crippen molar-refractivity contribution in [3.8, 4) is 11.8 Å². The van der Waals surface area contributed by atoms with Crippen LogP contribution in [0.4, 0.5) is 4.39 Å². The van der Waals surface area contributed by atoms with Gasteiger partial charge in [-0.25, -0.2) is 4.39 Å². The number of halogens is 1. The fourth-order valence-corrected chi connectivity index (χ4v) is 1.74. The molecule has 2 rings (SSSR count). The summed E-state index contributed by atoms with van der Waals surface area (Å²) in [6, 6.07) is 13.0. The Kier molecular flexibility index (Phi) is 4.11. The summed E-state index contributed by atoms with van der Waals surface area (Å²) in [5.41, 5.74) is 0.828. The van der Waals surface area contributed by atoms with E-state index in [2.05, 4.69) is 0 Å². The van der Waals surface area contributed by atoms with E-state index >= 15 is 0 Å². The van der Waals surface area contributed by atoms with E-state index in [1.807, 2.05) is 0 Å². The van der Waals surface area contributed by atoms with E-state index in [9.17, 15) is 9.18 Å². The Morgan fingerprint density at radius 3 is 2.75 bits per heavy atom. The average molecular weight is 269 g/mol. The number of hydrogen-bond acceptors (Lipinski definition) is 3. The predicted octanol–water partition coefficient (Wildman–Crippen LogP) is 3.48. The number of ether oxygens (including phenoxy) is 1. The second-order valence-corrected chi connectivity index (χ2v) is 4.26. The Morgan fingerprint density at radius 1 is 1.30 bits per heavy atom. The maximum Gasteiger partial charge on any atom is 0.159 e. The summed E-state index contributed by atoms with van der Waals surface area (Å²) in [6.07, 6.45) is 0. The number of hydrogen-bond donors (Lipinski definition) is 0. The molecule has 0 saturated carbocycles. The van der Waals surface area contributed by atoms with Crippen molar-refractivity contribution in [2.45, 2.75) is 13.5 Å². The maximum atomic E-state index is 13.8. The number of carbonyl (C=O) groups is 1. The van der Waals surface area contributed by atoms with Gasteiger partial charge in [-0.1, -0.05) is 24.3 Å². The van der Waals surface area contributed by atoms with Gasteiger partial charge in [-0.15, -0.1) is 0 Å². The molecular weight excluding hydrogens is 257 g/mol. The van der Waals surface area contributed by atoms with Gasteiger partial charge in [0.2, 0.25) is 0 Å². The number of Topliss-reactive ketones (excluding diaryl/α,β-unsaturated/α-hetero) is 1. The first-order valence-electron chi connectivity index (χ1n) is 6.03. The lowest BCUT2D eigenvalue weighted by atomic mass is 10.1. The number of nitrogens with zero attached hydrogens (tertiary/aromatic N) is 1. The Morgan fingerprint density at radius 2 is 2.05 bits per heavy atom. The molecule has 100 valence electrons. The van der Waals surface area contributed by atoms with Crippen molar-refractivity contribution in [2.75, 3.05) is 0 Å². The molecule has 0 amide bonds. The summed E-state index contributed by atoms with van der Waals surface area (Å²) in [5.74, 6) is -0.148. The summed E-state index contributed by atoms with van der Waals surface area (Å²) < 4.78 is 19.3. The zero-order chi connectivity index (χ0) is 14.5. The number of ketones is 1. The molecule has 0 aliphatic heterocycles. The van der Waals surface area contributed by atoms with E-state index < -0.39 is 5.82 Å². The molecule has 0 atom stereocenters. The second kappa shape index (κ2) is 5.98. The molecule has 0 aliphatic rings. The fraction of sp³-hybridized carbons (Fsp3) is 0.125. The van der Waals surface area contributed by atoms with Crippen molar-refractivity contribution < 1.29 is 13.9 Å². The molecule has 0 saturated heterocycles. The summed E-state index contributed by atoms with van der Waals surface area (Å²) in [4.78, 5) is 11.3. The summed E-state index contributed by atoms with van der Waals surface area (Å²) in [5, 5.41) is 8.76. The van der Waals surface area contributed by atoms with Crippen LogP contribution in [0.15, 0.2) is 42.5 Å². The van der Waals surface area contributed by atoms with Gasteiger partial charge in [-0.2, -0.15) is 5.26 Å². The molecule has 2 aromatic rings. The molecule has 0 aromatic heterocycles. The van der Waals surface area contributed by atoms with Crippen LogP contribution in [0.5, 0.6) is 5.75 Å². The molecule has 0 unspecified atom stereocenters. The fourth-order valence-electron chi connectivity index (χ4n) is 1.74. The smallest absolute Gasteiger partial charge is 0.159 e. The standard InChI is InChI=1S/C16H12FNO2/c1-11(19)12-4-3-7-15(8-12)20-10-14-6-2-5-13(9-18)16(14)17/h2-8H,10H2,1H3. The minimum Gasteiger partial charge on any atom is -0.489 e. The van der Waals surface area contributed by atoms with E-state index in [1.54, 1.807) is 42.5 Å². The van der Waals surface area contributed by atoms with Gasteiger partial charge in [0.25, 0.3) is 0 Å². The summed E-state index contributed by atoms with van der Waals surface area (Å²) in [6.45, 7) is 1.47. The second-order valence-electron chi connectivity index (χ2n) is 4.26. The van der Waals surface area contributed by atoms with Crippen molar-refractivity contribution in [3.63, 3.8) is 0 Å². The Labute approximate surface area is 116 Å². The molecule has 0 radical (unpaired) electrons. The van der Waals surface area contributed by atoms with Gasteiger partial charge in [0, 0.05) is 11.1 Å². The van der Waals surface area contributed by atoms with Crippen molar-refractivity contribution in [2.24, 2.45) is 0 Å². The largest absolute Gasteiger partial charge is 0.489 e. The first kappa shape index (κ1) is 13.8. The molecule has 0 bridgehead atoms. The minimum absolute atomic E-state index is 0.00269. The molecule has 0 N–H and O–H groups in total. The summed E-state index contributed by atoms with van der Waals surface area (Å²) in [7, 11) is 0. The third kappa shape index (κ3) is 3.01. The van der Waals surface area contributed by atoms with Gasteiger partial charge in [-0.3, -0.25) is 4.79 Å². The number of nitriles is 1. The highest BCUT2D eigenvalue weighted by atomic mass is 19.1. The molecule has 0 heterocycles. The van der Waals surface area contributed by atoms with Gasteiger partial charge in [0.05, 0.1) is 5.56 Å². The van der Waals surface area contributed by atoms with E-state index in [0.29, 0.717) is 16.9 Å². The van der Waals surface area contributed by atoms with Gasteiger partial charge in [0.1, 0.15) is 24.2 Å². The highest BCUT2D eigenvalue weighted by Gasteiger charge is 2.08. The van der Waals surface area contributed by atoms with Crippen LogP contribution >= 0.6 is 0 Å². The highest BCUT2D eigenvalue weighted by molar-refractivity contribution is 5.94. The highest BCUT2D eigenvalue weighted by Crippen LogP contribution is 2.18. The molecule has 3 nitrogen and oxygen atoms in total. The van der Waals surface area contributed by atoms with Gasteiger partial charge in [-0.05, 0) is 25.1 Å². The lowest BCUT2D eigenvalue weighted by molar-refractivity contribution is 0.101. The monoisotopic (exact) mass is 269 g/mol. The SMILES string of the molecule is CC(=O)c1cccc(OCc2cccc(C#N)c2F)c1. The van der Waals surface area contributed by atoms with E-state index in [0.717, 1.165) is 0 Å². The zero-order valence-corrected chi connectivity index (χ0v) is 10.9. The molecule has 0 aliphatic carbocycles. The van der Waals surface area contributed by atoms with E-state index in [-0.39, 0.29) is 18.0 Å². The van der Waals surface area contributed by atoms with Crippen LogP contribution in [0.1, 0.15) is 28.4 Å². The number of benzene rings is 2. The van der Waals surface area contributed by atoms with E-state index in [4.69, 9.17) is 10.00 Å². The van der Waals surface area contributed by atoms with Gasteiger partial charge >= 0.3 is 0 Å². The van der Waals surface area contributed by atoms with Crippen molar-refractivity contribution in [1.29, 1.82) is 5.26 Å². The first-order chi connectivity index (χ1) is 9.61. The van der Waals surface area contributed by atoms with E-state index in [1.165, 1.54) is 13.0 Å². The van der Waals surface area contributed by atoms with Crippen LogP contribution in [-0.2, 0) is 6.61 Å². The van der Waals surface area contributed by atoms with Crippen LogP contribution in [0.2, 0.25) is 0 Å². The molecule has 4 heteroatoms. The third-order valence-electron chi connectivity index (χ3n) is 2.83. The topological polar surface area (TPSA) is 50.1 Å². The lowest BCUT2D eigenvalue weighted by Gasteiger charge is -2.08. The molecule has 20 heavy (non-hydrogen) atoms. The Hall–Kier alpha value is -2.67. The maximum absolute atomic E-state index is 13.8. The van der Waals surface area contributed by atoms with Crippen LogP contribution in [0.3, 0.4) is 0 Å². The first-order valence-corrected chi connectivity index (χ1v) is 6.03. The van der Waals surface area contributed by atoms with Crippen molar-refractivity contribution in [1.82, 2.24) is 0 Å². The lowest BCUT2D eigenvalue weighted by Crippen LogP contribution is -2.01. The van der Waals surface area contributed by atoms with Crippen LogP contribution in [0.25, 0.3) is 0 Å². The average Bonchev–Trinajstić information content (AvgIpc) is 2.46. The van der Waals surface area contributed by atoms with Crippen LogP contribution in [0, 0.1) is 17.1 Å². The molecule has 2 aromatic carbocycles. The minimum atomic E-state index is -0.572. The van der Waals surface area contributed by atoms with Crippen LogP contribution in [-0.4, -0.2) is 5.78 Å². The third-order valence-corrected chi connectivity index (χ3v) is 2.83. The van der Waals surface area contributed by atoms with Crippen molar-refractivity contribution in [3.05, 3.63) is 65.0 Å².